The molecular formula is C15H24N3O7P. The molecule has 0 bridgehead atoms. The molecule has 1 fully saturated rings. The standard InChI is InChI=1S/C15H24N3O7P/c1-2-3-4-5-8-23-13-12(20)10(9-24-26(16)22)25-14(13)18-7-6-11(19)17-15(18)21/h5-8,10,12-14,20,22H,2-4,9,16H2,1H3,(H,17,19,21)/t10-,12-,13-,14-,26?/m1/s1. The monoisotopic (exact) mass is 389 g/mol. The molecule has 146 valence electrons. The molecule has 0 spiro atoms. The largest absolute Gasteiger partial charge is 0.491 e. The highest BCUT2D eigenvalue weighted by Crippen LogP contribution is 2.33. The maximum absolute atomic E-state index is 12.1. The number of nitrogens with one attached hydrogen (secondary N) is 1. The topological polar surface area (TPSA) is 149 Å². The van der Waals surface area contributed by atoms with Crippen molar-refractivity contribution < 1.29 is 24.0 Å². The van der Waals surface area contributed by atoms with Gasteiger partial charge in [-0.2, -0.15) is 0 Å². The van der Waals surface area contributed by atoms with Gasteiger partial charge in [-0.25, -0.2) is 4.79 Å². The lowest BCUT2D eigenvalue weighted by Gasteiger charge is -2.21. The summed E-state index contributed by atoms with van der Waals surface area (Å²) < 4.78 is 17.3. The second kappa shape index (κ2) is 9.96. The summed E-state index contributed by atoms with van der Waals surface area (Å²) in [6.45, 7) is 1.90. The molecule has 5 N–H and O–H groups in total. The number of aromatic amines is 1. The van der Waals surface area contributed by atoms with Crippen molar-refractivity contribution in [3.63, 3.8) is 0 Å². The van der Waals surface area contributed by atoms with Crippen LogP contribution >= 0.6 is 8.53 Å². The van der Waals surface area contributed by atoms with Gasteiger partial charge in [-0.1, -0.05) is 13.3 Å². The summed E-state index contributed by atoms with van der Waals surface area (Å²) in [7, 11) is -2.11. The first-order valence-electron chi connectivity index (χ1n) is 8.26. The van der Waals surface area contributed by atoms with Gasteiger partial charge < -0.3 is 24.0 Å². The average molecular weight is 389 g/mol. The van der Waals surface area contributed by atoms with Crippen LogP contribution in [-0.4, -0.2) is 44.5 Å². The molecule has 26 heavy (non-hydrogen) atoms. The van der Waals surface area contributed by atoms with E-state index in [1.807, 2.05) is 6.08 Å². The van der Waals surface area contributed by atoms with Gasteiger partial charge in [0.25, 0.3) is 5.56 Å². The molecule has 5 atom stereocenters. The first-order chi connectivity index (χ1) is 12.4. The normalized spacial score (nSPS) is 27.1. The van der Waals surface area contributed by atoms with Gasteiger partial charge in [0.2, 0.25) is 8.53 Å². The van der Waals surface area contributed by atoms with E-state index in [0.29, 0.717) is 0 Å². The number of H-pyrrole nitrogens is 1. The Bertz CT molecular complexity index is 705. The molecular weight excluding hydrogens is 365 g/mol. The van der Waals surface area contributed by atoms with Crippen LogP contribution in [0.15, 0.2) is 34.2 Å². The van der Waals surface area contributed by atoms with Crippen LogP contribution in [-0.2, 0) is 14.0 Å². The number of unbranched alkanes of at least 4 members (excludes halogenated alkanes) is 2. The van der Waals surface area contributed by atoms with Crippen LogP contribution in [0.4, 0.5) is 0 Å². The minimum atomic E-state index is -2.11. The first-order valence-corrected chi connectivity index (χ1v) is 9.54. The number of ether oxygens (including phenoxy) is 2. The summed E-state index contributed by atoms with van der Waals surface area (Å²) in [5.41, 5.74) is 3.95. The molecule has 1 saturated heterocycles. The van der Waals surface area contributed by atoms with Crippen LogP contribution < -0.4 is 16.8 Å². The number of hydrogen-bond donors (Lipinski definition) is 4. The smallest absolute Gasteiger partial charge is 0.330 e. The third kappa shape index (κ3) is 5.47. The Morgan fingerprint density at radius 1 is 1.50 bits per heavy atom. The lowest BCUT2D eigenvalue weighted by molar-refractivity contribution is -0.0536. The van der Waals surface area contributed by atoms with E-state index in [4.69, 9.17) is 24.4 Å². The predicted molar refractivity (Wildman–Crippen MR) is 94.1 cm³/mol. The lowest BCUT2D eigenvalue weighted by Crippen LogP contribution is -2.38. The highest BCUT2D eigenvalue weighted by Gasteiger charge is 2.46. The van der Waals surface area contributed by atoms with Crippen LogP contribution in [0, 0.1) is 0 Å². The van der Waals surface area contributed by atoms with Crippen LogP contribution in [0.2, 0.25) is 0 Å². The Kier molecular flexibility index (Phi) is 7.95. The van der Waals surface area contributed by atoms with Gasteiger partial charge in [0.05, 0.1) is 12.9 Å². The summed E-state index contributed by atoms with van der Waals surface area (Å²) >= 11 is 0. The molecule has 1 unspecified atom stereocenters. The Hall–Kier alpha value is -1.55. The van der Waals surface area contributed by atoms with E-state index >= 15 is 0 Å². The maximum atomic E-state index is 12.1. The molecule has 10 nitrogen and oxygen atoms in total. The van der Waals surface area contributed by atoms with Crippen LogP contribution in [0.3, 0.4) is 0 Å². The third-order valence-corrected chi connectivity index (χ3v) is 4.28. The van der Waals surface area contributed by atoms with E-state index in [1.54, 1.807) is 0 Å². The van der Waals surface area contributed by atoms with Gasteiger partial charge in [-0.05, 0) is 18.9 Å². The van der Waals surface area contributed by atoms with Gasteiger partial charge in [0.1, 0.15) is 12.2 Å². The van der Waals surface area contributed by atoms with Gasteiger partial charge in [0.15, 0.2) is 12.3 Å². The zero-order valence-electron chi connectivity index (χ0n) is 14.4. The van der Waals surface area contributed by atoms with E-state index in [2.05, 4.69) is 11.9 Å². The molecule has 2 heterocycles. The number of allylic oxidation sites excluding steroid dienone is 1. The Morgan fingerprint density at radius 3 is 2.92 bits per heavy atom. The van der Waals surface area contributed by atoms with Crippen molar-refractivity contribution in [1.29, 1.82) is 0 Å². The summed E-state index contributed by atoms with van der Waals surface area (Å²) in [6, 6.07) is 1.17. The molecule has 1 aromatic rings. The van der Waals surface area contributed by atoms with Gasteiger partial charge in [-0.15, -0.1) is 0 Å². The Labute approximate surface area is 151 Å². The fourth-order valence-corrected chi connectivity index (χ4v) is 2.84. The summed E-state index contributed by atoms with van der Waals surface area (Å²) in [5, 5.41) is 10.5. The van der Waals surface area contributed by atoms with E-state index in [-0.39, 0.29) is 6.61 Å². The van der Waals surface area contributed by atoms with Crippen molar-refractivity contribution in [2.75, 3.05) is 6.61 Å². The second-order valence-electron chi connectivity index (χ2n) is 5.79. The number of nitrogens with two attached hydrogens (primary N) is 1. The maximum Gasteiger partial charge on any atom is 0.330 e. The SMILES string of the molecule is CCCCC=CO[C@@H]1[C@H](O)[C@@H](COP(N)O)O[C@H]1n1ccc(=O)[nH]c1=O. The molecule has 1 aliphatic heterocycles. The minimum Gasteiger partial charge on any atom is -0.491 e. The number of aliphatic hydroxyl groups is 1. The highest BCUT2D eigenvalue weighted by atomic mass is 31.2. The zero-order valence-corrected chi connectivity index (χ0v) is 15.2. The highest BCUT2D eigenvalue weighted by molar-refractivity contribution is 7.43. The molecule has 1 aromatic heterocycles. The van der Waals surface area contributed by atoms with Crippen LogP contribution in [0.5, 0.6) is 0 Å². The molecule has 11 heteroatoms. The van der Waals surface area contributed by atoms with E-state index < -0.39 is 44.3 Å². The molecule has 0 radical (unpaired) electrons. The Morgan fingerprint density at radius 2 is 2.27 bits per heavy atom. The van der Waals surface area contributed by atoms with Crippen molar-refractivity contribution in [2.45, 2.75) is 50.7 Å². The minimum absolute atomic E-state index is 0.173. The first kappa shape index (κ1) is 20.8. The summed E-state index contributed by atoms with van der Waals surface area (Å²) in [6.07, 6.45) is 3.50. The van der Waals surface area contributed by atoms with Gasteiger partial charge in [0, 0.05) is 12.3 Å². The number of aromatic nitrogens is 2. The summed E-state index contributed by atoms with van der Waals surface area (Å²) in [4.78, 5) is 34.5. The lowest BCUT2D eigenvalue weighted by atomic mass is 10.1. The van der Waals surface area contributed by atoms with Crippen molar-refractivity contribution in [2.24, 2.45) is 5.50 Å². The number of nitrogens with zero attached hydrogens (tertiary/aromatic N) is 1. The molecule has 1 aliphatic rings. The molecule has 2 rings (SSSR count). The zero-order chi connectivity index (χ0) is 19.1. The van der Waals surface area contributed by atoms with E-state index in [1.165, 1.54) is 18.5 Å². The quantitative estimate of drug-likeness (QED) is 0.263. The second-order valence-corrected chi connectivity index (χ2v) is 6.65. The molecule has 0 aliphatic carbocycles. The van der Waals surface area contributed by atoms with Gasteiger partial charge >= 0.3 is 5.69 Å². The van der Waals surface area contributed by atoms with E-state index in [0.717, 1.165) is 23.8 Å². The fraction of sp³-hybridized carbons (Fsp3) is 0.600. The predicted octanol–water partition coefficient (Wildman–Crippen LogP) is 0.0785. The number of hydrogen-bond acceptors (Lipinski definition) is 8. The van der Waals surface area contributed by atoms with Gasteiger partial charge in [-0.3, -0.25) is 19.8 Å². The van der Waals surface area contributed by atoms with Crippen LogP contribution in [0.25, 0.3) is 0 Å². The van der Waals surface area contributed by atoms with Crippen molar-refractivity contribution >= 4 is 8.53 Å². The third-order valence-electron chi connectivity index (χ3n) is 3.87. The Balaban J connectivity index is 2.18. The van der Waals surface area contributed by atoms with Crippen molar-refractivity contribution in [3.8, 4) is 0 Å². The van der Waals surface area contributed by atoms with Crippen molar-refractivity contribution in [3.05, 3.63) is 45.4 Å². The molecule has 0 aromatic carbocycles. The van der Waals surface area contributed by atoms with Crippen LogP contribution in [0.1, 0.15) is 32.4 Å². The number of aliphatic hydroxyl groups excluding tert-OH is 1. The van der Waals surface area contributed by atoms with E-state index in [9.17, 15) is 14.7 Å². The average Bonchev–Trinajstić information content (AvgIpc) is 2.89. The summed E-state index contributed by atoms with van der Waals surface area (Å²) in [5.74, 6) is 0. The molecule has 0 saturated carbocycles. The van der Waals surface area contributed by atoms with Crippen molar-refractivity contribution in [1.82, 2.24) is 9.55 Å². The molecule has 0 amide bonds. The number of rotatable bonds is 9. The fourth-order valence-electron chi connectivity index (χ4n) is 2.54.